The van der Waals surface area contributed by atoms with E-state index < -0.39 is 0 Å². The lowest BCUT2D eigenvalue weighted by Crippen LogP contribution is -2.37. The fourth-order valence-corrected chi connectivity index (χ4v) is 2.88. The van der Waals surface area contributed by atoms with E-state index in [0.717, 1.165) is 29.4 Å². The molecule has 2 heterocycles. The van der Waals surface area contributed by atoms with Crippen molar-refractivity contribution in [1.29, 1.82) is 0 Å². The number of fused-ring (bicyclic) bond motifs is 1. The van der Waals surface area contributed by atoms with Gasteiger partial charge >= 0.3 is 0 Å². The molecule has 3 rings (SSSR count). The van der Waals surface area contributed by atoms with E-state index in [4.69, 9.17) is 16.7 Å². The number of amides is 1. The van der Waals surface area contributed by atoms with Crippen LogP contribution in [0.5, 0.6) is 0 Å². The highest BCUT2D eigenvalue weighted by molar-refractivity contribution is 6.31. The number of nitrogens with one attached hydrogen (secondary N) is 1. The first-order valence-electron chi connectivity index (χ1n) is 7.27. The van der Waals surface area contributed by atoms with Gasteiger partial charge in [-0.1, -0.05) is 17.7 Å². The molecule has 1 aliphatic heterocycles. The van der Waals surface area contributed by atoms with Crippen LogP contribution in [0.3, 0.4) is 0 Å². The fourth-order valence-electron chi connectivity index (χ4n) is 2.69. The van der Waals surface area contributed by atoms with Crippen LogP contribution >= 0.6 is 11.6 Å². The van der Waals surface area contributed by atoms with Crippen molar-refractivity contribution in [3.63, 3.8) is 0 Å². The zero-order chi connectivity index (χ0) is 15.5. The summed E-state index contributed by atoms with van der Waals surface area (Å²) in [7, 11) is 0. The minimum atomic E-state index is -0.116. The van der Waals surface area contributed by atoms with Crippen LogP contribution in [0.4, 0.5) is 0 Å². The van der Waals surface area contributed by atoms with Crippen LogP contribution in [-0.4, -0.2) is 46.8 Å². The van der Waals surface area contributed by atoms with Gasteiger partial charge in [0.05, 0.1) is 12.1 Å². The van der Waals surface area contributed by atoms with Crippen molar-refractivity contribution in [1.82, 2.24) is 9.58 Å². The molecule has 1 amide bonds. The van der Waals surface area contributed by atoms with Gasteiger partial charge in [-0.25, -0.2) is 0 Å². The van der Waals surface area contributed by atoms with Gasteiger partial charge in [-0.15, -0.1) is 0 Å². The number of β-amino-alcohol motifs (C(OH)–C–C–N with tert-alkyl or cyclic N) is 1. The van der Waals surface area contributed by atoms with Gasteiger partial charge in [-0.2, -0.15) is 0 Å². The molecule has 116 valence electrons. The van der Waals surface area contributed by atoms with E-state index in [0.29, 0.717) is 18.1 Å². The van der Waals surface area contributed by atoms with E-state index in [9.17, 15) is 4.79 Å². The Labute approximate surface area is 133 Å². The third-order valence-corrected chi connectivity index (χ3v) is 4.05. The Balaban J connectivity index is 1.74. The Kier molecular flexibility index (Phi) is 4.47. The smallest absolute Gasteiger partial charge is 0.267 e. The Bertz CT molecular complexity index is 723. The van der Waals surface area contributed by atoms with Crippen LogP contribution in [0.2, 0.25) is 5.02 Å². The summed E-state index contributed by atoms with van der Waals surface area (Å²) in [6.07, 6.45) is 4.60. The Hall–Kier alpha value is -1.82. The Morgan fingerprint density at radius 1 is 1.36 bits per heavy atom. The summed E-state index contributed by atoms with van der Waals surface area (Å²) in [5.74, 6) is -0.116. The van der Waals surface area contributed by atoms with Gasteiger partial charge in [-0.05, 0) is 30.7 Å². The maximum absolute atomic E-state index is 12.4. The molecule has 1 aromatic carbocycles. The van der Waals surface area contributed by atoms with E-state index in [-0.39, 0.29) is 12.5 Å². The summed E-state index contributed by atoms with van der Waals surface area (Å²) in [6.45, 7) is 2.15. The third-order valence-electron chi connectivity index (χ3n) is 3.81. The minimum Gasteiger partial charge on any atom is -0.395 e. The number of carbonyl (C=O) groups excluding carboxylic acids is 1. The van der Waals surface area contributed by atoms with Crippen LogP contribution in [0.25, 0.3) is 10.9 Å². The Morgan fingerprint density at radius 2 is 2.23 bits per heavy atom. The van der Waals surface area contributed by atoms with Crippen molar-refractivity contribution in [2.45, 2.75) is 6.42 Å². The maximum Gasteiger partial charge on any atom is 0.267 e. The molecule has 2 N–H and O–H groups in total. The fraction of sp³-hybridized carbons (Fsp3) is 0.312. The molecular weight excluding hydrogens is 302 g/mol. The molecule has 0 saturated carbocycles. The molecule has 0 radical (unpaired) electrons. The first-order valence-corrected chi connectivity index (χ1v) is 7.65. The summed E-state index contributed by atoms with van der Waals surface area (Å²) >= 11 is 5.97. The summed E-state index contributed by atoms with van der Waals surface area (Å²) in [4.78, 5) is 14.5. The van der Waals surface area contributed by atoms with Gasteiger partial charge in [0.1, 0.15) is 0 Å². The molecule has 5 nitrogen and oxygen atoms in total. The number of hydrogen-bond donors (Lipinski definition) is 2. The number of nitrogens with zero attached hydrogens (tertiary/aromatic N) is 2. The molecule has 0 atom stereocenters. The highest BCUT2D eigenvalue weighted by Gasteiger charge is 2.18. The lowest BCUT2D eigenvalue weighted by molar-refractivity contribution is -0.114. The number of benzene rings is 1. The van der Waals surface area contributed by atoms with Crippen molar-refractivity contribution < 1.29 is 9.90 Å². The predicted octanol–water partition coefficient (Wildman–Crippen LogP) is 1.99. The second-order valence-corrected chi connectivity index (χ2v) is 5.78. The van der Waals surface area contributed by atoms with Crippen molar-refractivity contribution >= 4 is 28.4 Å². The quantitative estimate of drug-likeness (QED) is 0.906. The molecule has 0 spiro atoms. The number of aliphatic hydroxyl groups excluding tert-OH is 1. The van der Waals surface area contributed by atoms with Crippen LogP contribution in [0, 0.1) is 0 Å². The molecule has 0 aliphatic carbocycles. The molecule has 1 aromatic heterocycles. The number of hydrogen-bond acceptors (Lipinski definition) is 3. The van der Waals surface area contributed by atoms with Crippen molar-refractivity contribution in [3.8, 4) is 0 Å². The summed E-state index contributed by atoms with van der Waals surface area (Å²) in [6, 6.07) is 7.46. The number of aliphatic hydroxyl groups is 1. The van der Waals surface area contributed by atoms with E-state index >= 15 is 0 Å². The summed E-state index contributed by atoms with van der Waals surface area (Å²) < 4.78 is 1.71. The SMILES string of the molecule is O=C(Nn1ccc2cc(Cl)ccc21)C1=CCCN(CCO)C1. The second kappa shape index (κ2) is 6.52. The number of aromatic nitrogens is 1. The van der Waals surface area contributed by atoms with E-state index in [1.165, 1.54) is 0 Å². The number of carbonyl (C=O) groups is 1. The van der Waals surface area contributed by atoms with Crippen molar-refractivity contribution in [3.05, 3.63) is 47.1 Å². The predicted molar refractivity (Wildman–Crippen MR) is 87.5 cm³/mol. The summed E-state index contributed by atoms with van der Waals surface area (Å²) in [5, 5.41) is 10.7. The van der Waals surface area contributed by atoms with Gasteiger partial charge in [0, 0.05) is 41.8 Å². The maximum atomic E-state index is 12.4. The highest BCUT2D eigenvalue weighted by Crippen LogP contribution is 2.20. The zero-order valence-corrected chi connectivity index (χ0v) is 12.9. The molecule has 2 aromatic rings. The van der Waals surface area contributed by atoms with E-state index in [1.807, 2.05) is 30.5 Å². The van der Waals surface area contributed by atoms with Crippen LogP contribution in [0.1, 0.15) is 6.42 Å². The molecule has 0 bridgehead atoms. The largest absolute Gasteiger partial charge is 0.395 e. The Morgan fingerprint density at radius 3 is 3.05 bits per heavy atom. The van der Waals surface area contributed by atoms with E-state index in [2.05, 4.69) is 10.3 Å². The molecule has 22 heavy (non-hydrogen) atoms. The average molecular weight is 320 g/mol. The first-order chi connectivity index (χ1) is 10.7. The molecular formula is C16H18ClN3O2. The minimum absolute atomic E-state index is 0.109. The third kappa shape index (κ3) is 3.16. The van der Waals surface area contributed by atoms with Gasteiger partial charge < -0.3 is 5.11 Å². The van der Waals surface area contributed by atoms with Gasteiger partial charge in [0.25, 0.3) is 5.91 Å². The van der Waals surface area contributed by atoms with Crippen LogP contribution in [-0.2, 0) is 4.79 Å². The monoisotopic (exact) mass is 319 g/mol. The number of halogens is 1. The van der Waals surface area contributed by atoms with Crippen molar-refractivity contribution in [2.75, 3.05) is 31.7 Å². The lowest BCUT2D eigenvalue weighted by atomic mass is 10.1. The average Bonchev–Trinajstić information content (AvgIpc) is 2.90. The van der Waals surface area contributed by atoms with Gasteiger partial charge in [0.2, 0.25) is 0 Å². The van der Waals surface area contributed by atoms with E-state index in [1.54, 1.807) is 10.7 Å². The topological polar surface area (TPSA) is 57.5 Å². The van der Waals surface area contributed by atoms with Crippen LogP contribution in [0.15, 0.2) is 42.1 Å². The second-order valence-electron chi connectivity index (χ2n) is 5.35. The van der Waals surface area contributed by atoms with Gasteiger partial charge in [0.15, 0.2) is 0 Å². The van der Waals surface area contributed by atoms with Crippen molar-refractivity contribution in [2.24, 2.45) is 0 Å². The first kappa shape index (κ1) is 15.1. The van der Waals surface area contributed by atoms with Crippen LogP contribution < -0.4 is 5.43 Å². The normalized spacial score (nSPS) is 15.8. The molecule has 0 unspecified atom stereocenters. The molecule has 6 heteroatoms. The standard InChI is InChI=1S/C16H18ClN3O2/c17-14-3-4-15-12(10-14)5-7-20(15)18-16(22)13-2-1-6-19(11-13)8-9-21/h2-5,7,10,21H,1,6,8-9,11H2,(H,18,22). The number of rotatable bonds is 4. The summed E-state index contributed by atoms with van der Waals surface area (Å²) in [5.41, 5.74) is 4.53. The zero-order valence-electron chi connectivity index (χ0n) is 12.1. The highest BCUT2D eigenvalue weighted by atomic mass is 35.5. The molecule has 0 saturated heterocycles. The lowest BCUT2D eigenvalue weighted by Gasteiger charge is -2.26. The van der Waals surface area contributed by atoms with Gasteiger partial charge in [-0.3, -0.25) is 19.8 Å². The molecule has 1 aliphatic rings. The molecule has 0 fully saturated rings.